The Morgan fingerprint density at radius 1 is 1.27 bits per heavy atom. The Labute approximate surface area is 124 Å². The Balaban J connectivity index is 1.95. The molecule has 0 radical (unpaired) electrons. The van der Waals surface area contributed by atoms with Crippen LogP contribution in [-0.4, -0.2) is 64.8 Å². The van der Waals surface area contributed by atoms with Crippen molar-refractivity contribution in [3.05, 3.63) is 17.5 Å². The molecule has 122 valence electrons. The quantitative estimate of drug-likeness (QED) is 0.892. The number of ether oxygens (including phenoxy) is 1. The largest absolute Gasteiger partial charge is 0.450 e. The minimum absolute atomic E-state index is 0.214. The van der Waals surface area contributed by atoms with Gasteiger partial charge in [-0.05, 0) is 6.92 Å². The van der Waals surface area contributed by atoms with E-state index in [2.05, 4.69) is 5.10 Å². The number of alkyl halides is 3. The highest BCUT2D eigenvalue weighted by Crippen LogP contribution is 2.27. The molecule has 1 fully saturated rings. The predicted octanol–water partition coefficient (Wildman–Crippen LogP) is 1.34. The second kappa shape index (κ2) is 6.24. The Bertz CT molecular complexity index is 550. The third-order valence-corrected chi connectivity index (χ3v) is 3.20. The molecule has 1 aliphatic rings. The van der Waals surface area contributed by atoms with Crippen molar-refractivity contribution in [2.24, 2.45) is 0 Å². The normalized spacial score (nSPS) is 15.8. The van der Waals surface area contributed by atoms with Crippen LogP contribution in [0.2, 0.25) is 0 Å². The number of carbonyl (C=O) groups is 2. The molecule has 1 aliphatic heterocycles. The molecule has 0 spiro atoms. The van der Waals surface area contributed by atoms with E-state index in [1.165, 1.54) is 9.80 Å². The summed E-state index contributed by atoms with van der Waals surface area (Å²) >= 11 is 0. The highest BCUT2D eigenvalue weighted by atomic mass is 19.4. The molecule has 10 heteroatoms. The van der Waals surface area contributed by atoms with Crippen molar-refractivity contribution in [2.75, 3.05) is 32.8 Å². The van der Waals surface area contributed by atoms with E-state index in [1.807, 2.05) is 0 Å². The fourth-order valence-electron chi connectivity index (χ4n) is 2.05. The number of rotatable bonds is 2. The van der Waals surface area contributed by atoms with Crippen LogP contribution in [0.15, 0.2) is 6.07 Å². The van der Waals surface area contributed by atoms with Gasteiger partial charge in [-0.25, -0.2) is 4.79 Å². The summed E-state index contributed by atoms with van der Waals surface area (Å²) in [6.45, 7) is 2.90. The topological polar surface area (TPSA) is 78.5 Å². The first-order valence-corrected chi connectivity index (χ1v) is 6.66. The molecule has 0 saturated carbocycles. The molecule has 0 bridgehead atoms. The van der Waals surface area contributed by atoms with Crippen LogP contribution in [0.3, 0.4) is 0 Å². The Hall–Kier alpha value is -2.26. The molecule has 1 saturated heterocycles. The first-order valence-electron chi connectivity index (χ1n) is 6.66. The maximum atomic E-state index is 12.5. The summed E-state index contributed by atoms with van der Waals surface area (Å²) in [7, 11) is 0. The Morgan fingerprint density at radius 2 is 1.86 bits per heavy atom. The van der Waals surface area contributed by atoms with Crippen LogP contribution in [0.25, 0.3) is 0 Å². The van der Waals surface area contributed by atoms with Gasteiger partial charge >= 0.3 is 12.3 Å². The number of amides is 2. The van der Waals surface area contributed by atoms with Gasteiger partial charge in [-0.1, -0.05) is 0 Å². The number of nitrogens with zero attached hydrogens (tertiary/aromatic N) is 3. The number of halogens is 3. The van der Waals surface area contributed by atoms with Crippen molar-refractivity contribution < 1.29 is 27.5 Å². The van der Waals surface area contributed by atoms with E-state index in [0.717, 1.165) is 0 Å². The zero-order valence-corrected chi connectivity index (χ0v) is 11.8. The zero-order valence-electron chi connectivity index (χ0n) is 11.8. The lowest BCUT2D eigenvalue weighted by molar-refractivity contribution is -0.141. The van der Waals surface area contributed by atoms with Crippen LogP contribution in [-0.2, 0) is 10.9 Å². The average Bonchev–Trinajstić information content (AvgIpc) is 2.97. The van der Waals surface area contributed by atoms with E-state index in [9.17, 15) is 22.8 Å². The SMILES string of the molecule is CCOC(=O)N1CCN(C(=O)c2cc(C(F)(F)F)[nH]n2)CC1. The molecule has 0 unspecified atom stereocenters. The number of H-pyrrole nitrogens is 1. The molecule has 2 heterocycles. The summed E-state index contributed by atoms with van der Waals surface area (Å²) < 4.78 is 42.2. The van der Waals surface area contributed by atoms with Gasteiger partial charge in [0.2, 0.25) is 0 Å². The van der Waals surface area contributed by atoms with Crippen LogP contribution in [0.4, 0.5) is 18.0 Å². The zero-order chi connectivity index (χ0) is 16.3. The first-order chi connectivity index (χ1) is 10.3. The van der Waals surface area contributed by atoms with Crippen molar-refractivity contribution in [3.8, 4) is 0 Å². The number of aromatic nitrogens is 2. The van der Waals surface area contributed by atoms with Gasteiger partial charge in [-0.2, -0.15) is 18.3 Å². The predicted molar refractivity (Wildman–Crippen MR) is 68.1 cm³/mol. The molecule has 0 aliphatic carbocycles. The molecule has 22 heavy (non-hydrogen) atoms. The third kappa shape index (κ3) is 3.49. The van der Waals surface area contributed by atoms with Crippen molar-refractivity contribution >= 4 is 12.0 Å². The van der Waals surface area contributed by atoms with E-state index < -0.39 is 23.9 Å². The van der Waals surface area contributed by atoms with Crippen molar-refractivity contribution in [2.45, 2.75) is 13.1 Å². The summed E-state index contributed by atoms with van der Waals surface area (Å²) in [5.74, 6) is -0.602. The highest BCUT2D eigenvalue weighted by molar-refractivity contribution is 5.92. The standard InChI is InChI=1S/C12H15F3N4O3/c1-2-22-11(21)19-5-3-18(4-6-19)10(20)8-7-9(17-16-8)12(13,14)15/h7H,2-6H2,1H3,(H,16,17). The maximum absolute atomic E-state index is 12.5. The van der Waals surface area contributed by atoms with Crippen molar-refractivity contribution in [1.29, 1.82) is 0 Å². The van der Waals surface area contributed by atoms with Crippen LogP contribution in [0, 0.1) is 0 Å². The van der Waals surface area contributed by atoms with Gasteiger partial charge in [0.15, 0.2) is 5.69 Å². The fraction of sp³-hybridized carbons (Fsp3) is 0.583. The first kappa shape index (κ1) is 16.1. The van der Waals surface area contributed by atoms with Crippen LogP contribution in [0.5, 0.6) is 0 Å². The summed E-state index contributed by atoms with van der Waals surface area (Å²) in [4.78, 5) is 26.4. The summed E-state index contributed by atoms with van der Waals surface area (Å²) in [6.07, 6.45) is -5.04. The van der Waals surface area contributed by atoms with Crippen LogP contribution >= 0.6 is 0 Å². The summed E-state index contributed by atoms with van der Waals surface area (Å²) in [5, 5.41) is 5.20. The smallest absolute Gasteiger partial charge is 0.432 e. The number of aromatic amines is 1. The third-order valence-electron chi connectivity index (χ3n) is 3.20. The van der Waals surface area contributed by atoms with E-state index >= 15 is 0 Å². The van der Waals surface area contributed by atoms with Gasteiger partial charge in [0.25, 0.3) is 5.91 Å². The number of hydrogen-bond acceptors (Lipinski definition) is 4. The Morgan fingerprint density at radius 3 is 2.36 bits per heavy atom. The van der Waals surface area contributed by atoms with E-state index in [-0.39, 0.29) is 38.5 Å². The molecular formula is C12H15F3N4O3. The van der Waals surface area contributed by atoms with E-state index in [1.54, 1.807) is 12.0 Å². The van der Waals surface area contributed by atoms with Crippen LogP contribution < -0.4 is 0 Å². The molecule has 1 N–H and O–H groups in total. The average molecular weight is 320 g/mol. The summed E-state index contributed by atoms with van der Waals surface area (Å²) in [5.41, 5.74) is -1.36. The highest BCUT2D eigenvalue weighted by Gasteiger charge is 2.35. The molecule has 0 atom stereocenters. The minimum atomic E-state index is -4.58. The van der Waals surface area contributed by atoms with Crippen LogP contribution in [0.1, 0.15) is 23.1 Å². The van der Waals surface area contributed by atoms with Gasteiger partial charge in [0.05, 0.1) is 6.61 Å². The van der Waals surface area contributed by atoms with Gasteiger partial charge in [0.1, 0.15) is 5.69 Å². The maximum Gasteiger partial charge on any atom is 0.432 e. The second-order valence-electron chi connectivity index (χ2n) is 4.64. The molecule has 2 rings (SSSR count). The van der Waals surface area contributed by atoms with E-state index in [4.69, 9.17) is 4.74 Å². The lowest BCUT2D eigenvalue weighted by Crippen LogP contribution is -2.50. The lowest BCUT2D eigenvalue weighted by Gasteiger charge is -2.33. The number of nitrogens with one attached hydrogen (secondary N) is 1. The van der Waals surface area contributed by atoms with Gasteiger partial charge < -0.3 is 14.5 Å². The summed E-state index contributed by atoms with van der Waals surface area (Å²) in [6, 6.07) is 0.681. The molecule has 1 aromatic heterocycles. The monoisotopic (exact) mass is 320 g/mol. The minimum Gasteiger partial charge on any atom is -0.450 e. The molecule has 0 aromatic carbocycles. The lowest BCUT2D eigenvalue weighted by atomic mass is 10.2. The Kier molecular flexibility index (Phi) is 4.57. The molecule has 2 amide bonds. The number of carbonyl (C=O) groups excluding carboxylic acids is 2. The number of hydrogen-bond donors (Lipinski definition) is 1. The molecular weight excluding hydrogens is 305 g/mol. The van der Waals surface area contributed by atoms with Crippen molar-refractivity contribution in [3.63, 3.8) is 0 Å². The molecule has 1 aromatic rings. The fourth-order valence-corrected chi connectivity index (χ4v) is 2.05. The van der Waals surface area contributed by atoms with E-state index in [0.29, 0.717) is 6.07 Å². The second-order valence-corrected chi connectivity index (χ2v) is 4.64. The van der Waals surface area contributed by atoms with Crippen molar-refractivity contribution in [1.82, 2.24) is 20.0 Å². The van der Waals surface area contributed by atoms with Gasteiger partial charge in [-0.15, -0.1) is 0 Å². The number of piperazine rings is 1. The molecule has 7 nitrogen and oxygen atoms in total. The van der Waals surface area contributed by atoms with Gasteiger partial charge in [0, 0.05) is 32.2 Å². The van der Waals surface area contributed by atoms with Gasteiger partial charge in [-0.3, -0.25) is 9.89 Å².